The van der Waals surface area contributed by atoms with Crippen LogP contribution in [0.5, 0.6) is 0 Å². The number of hydrogen-bond donors (Lipinski definition) is 2. The fourth-order valence-electron chi connectivity index (χ4n) is 2.71. The number of halogens is 2. The molecular formula is C16H23F2NO2. The van der Waals surface area contributed by atoms with Gasteiger partial charge in [0.15, 0.2) is 0 Å². The van der Waals surface area contributed by atoms with E-state index in [-0.39, 0.29) is 24.9 Å². The lowest BCUT2D eigenvalue weighted by Gasteiger charge is -2.29. The molecule has 1 aliphatic rings. The quantitative estimate of drug-likeness (QED) is 0.846. The Labute approximate surface area is 124 Å². The topological polar surface area (TPSA) is 41.5 Å². The smallest absolute Gasteiger partial charge is 0.149 e. The van der Waals surface area contributed by atoms with Crippen LogP contribution in [0, 0.1) is 17.6 Å². The van der Waals surface area contributed by atoms with Crippen molar-refractivity contribution in [3.8, 4) is 0 Å². The third-order valence-electron chi connectivity index (χ3n) is 4.01. The van der Waals surface area contributed by atoms with Gasteiger partial charge in [0.05, 0.1) is 18.8 Å². The van der Waals surface area contributed by atoms with Gasteiger partial charge in [-0.05, 0) is 30.9 Å². The Balaban J connectivity index is 1.76. The standard InChI is InChI=1S/C16H23F2NO2/c1-11-5-2-3-8-15(11)21-10-12(20)9-19-16-13(17)6-4-7-14(16)18/h4,6-7,11-12,15,19-20H,2-3,5,8-10H2,1H3. The van der Waals surface area contributed by atoms with Gasteiger partial charge in [-0.2, -0.15) is 0 Å². The lowest BCUT2D eigenvalue weighted by molar-refractivity contribution is -0.0424. The first-order chi connectivity index (χ1) is 10.1. The highest BCUT2D eigenvalue weighted by Gasteiger charge is 2.22. The van der Waals surface area contributed by atoms with E-state index in [1.54, 1.807) is 0 Å². The van der Waals surface area contributed by atoms with E-state index in [4.69, 9.17) is 4.74 Å². The molecule has 3 atom stereocenters. The van der Waals surface area contributed by atoms with Crippen molar-refractivity contribution in [3.63, 3.8) is 0 Å². The van der Waals surface area contributed by atoms with Crippen LogP contribution in [-0.4, -0.2) is 30.5 Å². The summed E-state index contributed by atoms with van der Waals surface area (Å²) in [5.41, 5.74) is -0.206. The highest BCUT2D eigenvalue weighted by Crippen LogP contribution is 2.26. The Morgan fingerprint density at radius 3 is 2.62 bits per heavy atom. The Kier molecular flexibility index (Phi) is 5.94. The number of para-hydroxylation sites is 1. The van der Waals surface area contributed by atoms with Crippen molar-refractivity contribution in [3.05, 3.63) is 29.8 Å². The van der Waals surface area contributed by atoms with Gasteiger partial charge in [0.1, 0.15) is 17.3 Å². The van der Waals surface area contributed by atoms with Crippen LogP contribution in [0.4, 0.5) is 14.5 Å². The largest absolute Gasteiger partial charge is 0.389 e. The molecule has 21 heavy (non-hydrogen) atoms. The first-order valence-corrected chi connectivity index (χ1v) is 7.55. The van der Waals surface area contributed by atoms with Gasteiger partial charge in [0.25, 0.3) is 0 Å². The lowest BCUT2D eigenvalue weighted by Crippen LogP contribution is -2.32. The second-order valence-corrected chi connectivity index (χ2v) is 5.76. The van der Waals surface area contributed by atoms with Crippen LogP contribution in [0.25, 0.3) is 0 Å². The van der Waals surface area contributed by atoms with E-state index in [9.17, 15) is 13.9 Å². The number of anilines is 1. The summed E-state index contributed by atoms with van der Waals surface area (Å²) in [7, 11) is 0. The highest BCUT2D eigenvalue weighted by atomic mass is 19.1. The van der Waals surface area contributed by atoms with E-state index in [0.717, 1.165) is 19.3 Å². The molecule has 2 N–H and O–H groups in total. The maximum absolute atomic E-state index is 13.4. The van der Waals surface area contributed by atoms with Crippen LogP contribution >= 0.6 is 0 Å². The molecule has 3 nitrogen and oxygen atoms in total. The number of hydrogen-bond acceptors (Lipinski definition) is 3. The Bertz CT molecular complexity index is 436. The van der Waals surface area contributed by atoms with Crippen LogP contribution in [0.15, 0.2) is 18.2 Å². The van der Waals surface area contributed by atoms with Crippen molar-refractivity contribution in [1.29, 1.82) is 0 Å². The molecule has 0 saturated heterocycles. The van der Waals surface area contributed by atoms with Crippen LogP contribution in [0.3, 0.4) is 0 Å². The second kappa shape index (κ2) is 7.71. The van der Waals surface area contributed by atoms with Gasteiger partial charge in [-0.15, -0.1) is 0 Å². The van der Waals surface area contributed by atoms with Crippen molar-refractivity contribution in [1.82, 2.24) is 0 Å². The molecule has 0 aliphatic heterocycles. The fraction of sp³-hybridized carbons (Fsp3) is 0.625. The van der Waals surface area contributed by atoms with Gasteiger partial charge >= 0.3 is 0 Å². The number of benzene rings is 1. The molecule has 1 aromatic rings. The molecule has 0 spiro atoms. The van der Waals surface area contributed by atoms with E-state index in [2.05, 4.69) is 12.2 Å². The molecule has 1 aliphatic carbocycles. The molecular weight excluding hydrogens is 276 g/mol. The molecule has 3 unspecified atom stereocenters. The lowest BCUT2D eigenvalue weighted by atomic mass is 9.88. The van der Waals surface area contributed by atoms with Gasteiger partial charge in [-0.3, -0.25) is 0 Å². The first kappa shape index (κ1) is 16.2. The van der Waals surface area contributed by atoms with Gasteiger partial charge in [-0.25, -0.2) is 8.78 Å². The monoisotopic (exact) mass is 299 g/mol. The third kappa shape index (κ3) is 4.64. The summed E-state index contributed by atoms with van der Waals surface area (Å²) in [6, 6.07) is 3.66. The van der Waals surface area contributed by atoms with Gasteiger partial charge < -0.3 is 15.2 Å². The van der Waals surface area contributed by atoms with Crippen LogP contribution in [-0.2, 0) is 4.74 Å². The number of rotatable bonds is 6. The predicted octanol–water partition coefficient (Wildman–Crippen LogP) is 3.33. The first-order valence-electron chi connectivity index (χ1n) is 7.55. The van der Waals surface area contributed by atoms with Crippen LogP contribution < -0.4 is 5.32 Å². The maximum Gasteiger partial charge on any atom is 0.149 e. The number of aliphatic hydroxyl groups is 1. The minimum absolute atomic E-state index is 0.0545. The molecule has 0 amide bonds. The average molecular weight is 299 g/mol. The van der Waals surface area contributed by atoms with Crippen molar-refractivity contribution in [2.24, 2.45) is 5.92 Å². The van der Waals surface area contributed by atoms with Crippen LogP contribution in [0.2, 0.25) is 0 Å². The highest BCUT2D eigenvalue weighted by molar-refractivity contribution is 5.46. The summed E-state index contributed by atoms with van der Waals surface area (Å²) >= 11 is 0. The fourth-order valence-corrected chi connectivity index (χ4v) is 2.71. The summed E-state index contributed by atoms with van der Waals surface area (Å²) in [5, 5.41) is 12.5. The zero-order valence-electron chi connectivity index (χ0n) is 12.3. The molecule has 1 fully saturated rings. The summed E-state index contributed by atoms with van der Waals surface area (Å²) < 4.78 is 32.6. The minimum atomic E-state index is -0.793. The van der Waals surface area contributed by atoms with E-state index in [0.29, 0.717) is 5.92 Å². The van der Waals surface area contributed by atoms with E-state index in [1.807, 2.05) is 0 Å². The maximum atomic E-state index is 13.4. The summed E-state index contributed by atoms with van der Waals surface area (Å²) in [5.74, 6) is -0.823. The average Bonchev–Trinajstić information content (AvgIpc) is 2.46. The van der Waals surface area contributed by atoms with Crippen molar-refractivity contribution >= 4 is 5.69 Å². The Morgan fingerprint density at radius 1 is 1.29 bits per heavy atom. The molecule has 118 valence electrons. The Hall–Kier alpha value is -1.20. The van der Waals surface area contributed by atoms with Gasteiger partial charge in [0.2, 0.25) is 0 Å². The second-order valence-electron chi connectivity index (χ2n) is 5.76. The number of nitrogens with one attached hydrogen (secondary N) is 1. The zero-order valence-corrected chi connectivity index (χ0v) is 12.3. The van der Waals surface area contributed by atoms with E-state index in [1.165, 1.54) is 24.6 Å². The molecule has 2 rings (SSSR count). The third-order valence-corrected chi connectivity index (χ3v) is 4.01. The number of aliphatic hydroxyl groups excluding tert-OH is 1. The van der Waals surface area contributed by atoms with Gasteiger partial charge in [0, 0.05) is 6.54 Å². The summed E-state index contributed by atoms with van der Waals surface area (Å²) in [6.45, 7) is 2.39. The van der Waals surface area contributed by atoms with Crippen molar-refractivity contribution in [2.75, 3.05) is 18.5 Å². The van der Waals surface area contributed by atoms with Crippen LogP contribution in [0.1, 0.15) is 32.6 Å². The normalized spacial score (nSPS) is 23.8. The molecule has 0 heterocycles. The van der Waals surface area contributed by atoms with E-state index >= 15 is 0 Å². The SMILES string of the molecule is CC1CCCCC1OCC(O)CNc1c(F)cccc1F. The summed E-state index contributed by atoms with van der Waals surface area (Å²) in [4.78, 5) is 0. The van der Waals surface area contributed by atoms with Gasteiger partial charge in [-0.1, -0.05) is 25.8 Å². The zero-order chi connectivity index (χ0) is 15.2. The minimum Gasteiger partial charge on any atom is -0.389 e. The molecule has 0 radical (unpaired) electrons. The molecule has 1 saturated carbocycles. The summed E-state index contributed by atoms with van der Waals surface area (Å²) in [6.07, 6.45) is 3.95. The Morgan fingerprint density at radius 2 is 1.95 bits per heavy atom. The van der Waals surface area contributed by atoms with Crippen molar-refractivity contribution in [2.45, 2.75) is 44.8 Å². The predicted molar refractivity (Wildman–Crippen MR) is 78.2 cm³/mol. The molecule has 5 heteroatoms. The van der Waals surface area contributed by atoms with E-state index < -0.39 is 17.7 Å². The number of ether oxygens (including phenoxy) is 1. The van der Waals surface area contributed by atoms with Crippen molar-refractivity contribution < 1.29 is 18.6 Å². The molecule has 1 aromatic carbocycles. The molecule has 0 bridgehead atoms. The molecule has 0 aromatic heterocycles.